The average molecular weight is 309 g/mol. The molecule has 2 N–H and O–H groups in total. The van der Waals surface area contributed by atoms with Crippen LogP contribution in [0.15, 0.2) is 0 Å². The first kappa shape index (κ1) is 16.8. The number of imide groups is 1. The third-order valence-corrected chi connectivity index (χ3v) is 4.93. The lowest BCUT2D eigenvalue weighted by Crippen LogP contribution is -2.54. The molecular formula is C16H27N3O3. The van der Waals surface area contributed by atoms with Gasteiger partial charge in [-0.25, -0.2) is 4.79 Å². The Morgan fingerprint density at radius 1 is 1.45 bits per heavy atom. The fraction of sp³-hybridized carbons (Fsp3) is 0.812. The van der Waals surface area contributed by atoms with Crippen molar-refractivity contribution in [2.24, 2.45) is 5.92 Å². The minimum absolute atomic E-state index is 0.0563. The van der Waals surface area contributed by atoms with Gasteiger partial charge in [-0.15, -0.1) is 0 Å². The molecule has 6 nitrogen and oxygen atoms in total. The third-order valence-electron chi connectivity index (χ3n) is 4.93. The van der Waals surface area contributed by atoms with Crippen molar-refractivity contribution in [3.8, 4) is 0 Å². The van der Waals surface area contributed by atoms with E-state index in [1.165, 1.54) is 0 Å². The van der Waals surface area contributed by atoms with E-state index in [0.717, 1.165) is 37.0 Å². The molecule has 2 rings (SSSR count). The second-order valence-corrected chi connectivity index (χ2v) is 6.70. The molecule has 1 saturated heterocycles. The molecule has 0 unspecified atom stereocenters. The Labute approximate surface area is 132 Å². The number of hydrogen-bond donors (Lipinski definition) is 2. The van der Waals surface area contributed by atoms with E-state index in [1.807, 2.05) is 20.8 Å². The molecule has 1 aliphatic heterocycles. The average Bonchev–Trinajstić information content (AvgIpc) is 2.68. The van der Waals surface area contributed by atoms with Crippen LogP contribution in [0.3, 0.4) is 0 Å². The fourth-order valence-corrected chi connectivity index (χ4v) is 3.61. The Morgan fingerprint density at radius 2 is 2.18 bits per heavy atom. The molecule has 0 aromatic rings. The Kier molecular flexibility index (Phi) is 5.08. The van der Waals surface area contributed by atoms with E-state index >= 15 is 0 Å². The molecule has 22 heavy (non-hydrogen) atoms. The minimum Gasteiger partial charge on any atom is -0.352 e. The van der Waals surface area contributed by atoms with Crippen LogP contribution < -0.4 is 10.6 Å². The van der Waals surface area contributed by atoms with Gasteiger partial charge in [-0.05, 0) is 32.1 Å². The summed E-state index contributed by atoms with van der Waals surface area (Å²) in [7, 11) is 0. The predicted molar refractivity (Wildman–Crippen MR) is 83.1 cm³/mol. The first-order valence-corrected chi connectivity index (χ1v) is 8.34. The highest BCUT2D eigenvalue weighted by Crippen LogP contribution is 2.38. The zero-order valence-electron chi connectivity index (χ0n) is 13.8. The molecule has 1 saturated carbocycles. The van der Waals surface area contributed by atoms with Crippen LogP contribution in [-0.2, 0) is 9.59 Å². The van der Waals surface area contributed by atoms with E-state index in [-0.39, 0.29) is 30.3 Å². The van der Waals surface area contributed by atoms with Gasteiger partial charge >= 0.3 is 6.03 Å². The van der Waals surface area contributed by atoms with Gasteiger partial charge in [0, 0.05) is 6.04 Å². The SMILES string of the molecule is CCC[C@H](C)NC(=O)CN1C(=O)N[C@@]2(CCCC[C@@H]2C)C1=O. The lowest BCUT2D eigenvalue weighted by Gasteiger charge is -2.36. The van der Waals surface area contributed by atoms with Crippen molar-refractivity contribution < 1.29 is 14.4 Å². The number of urea groups is 1. The number of nitrogens with one attached hydrogen (secondary N) is 2. The quantitative estimate of drug-likeness (QED) is 0.760. The number of carbonyl (C=O) groups excluding carboxylic acids is 3. The monoisotopic (exact) mass is 309 g/mol. The van der Waals surface area contributed by atoms with Crippen LogP contribution in [0.4, 0.5) is 4.79 Å². The smallest absolute Gasteiger partial charge is 0.325 e. The number of carbonyl (C=O) groups is 3. The van der Waals surface area contributed by atoms with Gasteiger partial charge in [-0.3, -0.25) is 14.5 Å². The molecule has 124 valence electrons. The Balaban J connectivity index is 2.02. The van der Waals surface area contributed by atoms with Crippen molar-refractivity contribution in [2.45, 2.75) is 70.9 Å². The summed E-state index contributed by atoms with van der Waals surface area (Å²) in [5, 5.41) is 5.70. The van der Waals surface area contributed by atoms with Crippen LogP contribution in [0.25, 0.3) is 0 Å². The van der Waals surface area contributed by atoms with Gasteiger partial charge in [0.2, 0.25) is 5.91 Å². The van der Waals surface area contributed by atoms with Crippen LogP contribution in [-0.4, -0.2) is 40.9 Å². The molecule has 3 atom stereocenters. The summed E-state index contributed by atoms with van der Waals surface area (Å²) in [6, 6.07) is -0.377. The molecule has 0 bridgehead atoms. The highest BCUT2D eigenvalue weighted by atomic mass is 16.2. The summed E-state index contributed by atoms with van der Waals surface area (Å²) in [4.78, 5) is 38.0. The van der Waals surface area contributed by atoms with Crippen molar-refractivity contribution in [3.05, 3.63) is 0 Å². The van der Waals surface area contributed by atoms with Crippen molar-refractivity contribution in [1.29, 1.82) is 0 Å². The lowest BCUT2D eigenvalue weighted by atomic mass is 9.73. The Bertz CT molecular complexity index is 466. The molecule has 4 amide bonds. The second kappa shape index (κ2) is 6.67. The van der Waals surface area contributed by atoms with Gasteiger partial charge in [-0.2, -0.15) is 0 Å². The van der Waals surface area contributed by atoms with Crippen LogP contribution in [0.1, 0.15) is 59.3 Å². The van der Waals surface area contributed by atoms with Gasteiger partial charge in [0.1, 0.15) is 12.1 Å². The van der Waals surface area contributed by atoms with Gasteiger partial charge in [0.15, 0.2) is 0 Å². The molecule has 0 radical (unpaired) electrons. The minimum atomic E-state index is -0.787. The van der Waals surface area contributed by atoms with E-state index < -0.39 is 11.6 Å². The van der Waals surface area contributed by atoms with Gasteiger partial charge in [-0.1, -0.05) is 33.1 Å². The van der Waals surface area contributed by atoms with E-state index in [0.29, 0.717) is 6.42 Å². The highest BCUT2D eigenvalue weighted by Gasteiger charge is 2.55. The van der Waals surface area contributed by atoms with Crippen molar-refractivity contribution in [1.82, 2.24) is 15.5 Å². The van der Waals surface area contributed by atoms with Crippen LogP contribution in [0.5, 0.6) is 0 Å². The lowest BCUT2D eigenvalue weighted by molar-refractivity contribution is -0.137. The largest absolute Gasteiger partial charge is 0.352 e. The molecule has 1 spiro atoms. The molecular weight excluding hydrogens is 282 g/mol. The molecule has 0 aromatic carbocycles. The van der Waals surface area contributed by atoms with E-state index in [9.17, 15) is 14.4 Å². The van der Waals surface area contributed by atoms with E-state index in [2.05, 4.69) is 10.6 Å². The van der Waals surface area contributed by atoms with Gasteiger partial charge in [0.25, 0.3) is 5.91 Å². The van der Waals surface area contributed by atoms with Crippen molar-refractivity contribution in [2.75, 3.05) is 6.54 Å². The standard InChI is InChI=1S/C16H27N3O3/c1-4-7-12(3)17-13(20)10-19-14(21)16(18-15(19)22)9-6-5-8-11(16)2/h11-12H,4-10H2,1-3H3,(H,17,20)(H,18,22)/t11-,12-,16+/m0/s1. The molecule has 2 aliphatic rings. The maximum atomic E-state index is 12.7. The predicted octanol–water partition coefficient (Wildman–Crippen LogP) is 1.79. The summed E-state index contributed by atoms with van der Waals surface area (Å²) in [6.45, 7) is 5.80. The first-order valence-electron chi connectivity index (χ1n) is 8.34. The number of nitrogens with zero attached hydrogens (tertiary/aromatic N) is 1. The molecule has 2 fully saturated rings. The van der Waals surface area contributed by atoms with Crippen LogP contribution in [0, 0.1) is 5.92 Å². The summed E-state index contributed by atoms with van der Waals surface area (Å²) in [6.07, 6.45) is 5.48. The summed E-state index contributed by atoms with van der Waals surface area (Å²) >= 11 is 0. The number of amides is 4. The number of rotatable bonds is 5. The van der Waals surface area contributed by atoms with Crippen molar-refractivity contribution in [3.63, 3.8) is 0 Å². The Morgan fingerprint density at radius 3 is 2.82 bits per heavy atom. The zero-order valence-corrected chi connectivity index (χ0v) is 13.8. The second-order valence-electron chi connectivity index (χ2n) is 6.70. The van der Waals surface area contributed by atoms with Crippen molar-refractivity contribution >= 4 is 17.8 Å². The van der Waals surface area contributed by atoms with Gasteiger partial charge < -0.3 is 10.6 Å². The molecule has 6 heteroatoms. The molecule has 1 aliphatic carbocycles. The van der Waals surface area contributed by atoms with E-state index in [4.69, 9.17) is 0 Å². The summed E-state index contributed by atoms with van der Waals surface area (Å²) in [5.41, 5.74) is -0.787. The molecule has 0 aromatic heterocycles. The van der Waals surface area contributed by atoms with Gasteiger partial charge in [0.05, 0.1) is 0 Å². The Hall–Kier alpha value is -1.59. The summed E-state index contributed by atoms with van der Waals surface area (Å²) in [5.74, 6) is -0.391. The number of hydrogen-bond acceptors (Lipinski definition) is 3. The zero-order chi connectivity index (χ0) is 16.3. The molecule has 1 heterocycles. The fourth-order valence-electron chi connectivity index (χ4n) is 3.61. The third kappa shape index (κ3) is 3.10. The highest BCUT2D eigenvalue weighted by molar-refractivity contribution is 6.09. The topological polar surface area (TPSA) is 78.5 Å². The normalized spacial score (nSPS) is 29.6. The maximum Gasteiger partial charge on any atom is 0.325 e. The first-order chi connectivity index (χ1) is 10.4. The van der Waals surface area contributed by atoms with E-state index in [1.54, 1.807) is 0 Å². The van der Waals surface area contributed by atoms with Crippen LogP contribution >= 0.6 is 0 Å². The summed E-state index contributed by atoms with van der Waals surface area (Å²) < 4.78 is 0. The maximum absolute atomic E-state index is 12.7. The van der Waals surface area contributed by atoms with Crippen LogP contribution in [0.2, 0.25) is 0 Å².